The number of nitrogens with zero attached hydrogens (tertiary/aromatic N) is 3. The Kier molecular flexibility index (Phi) is 4.52. The van der Waals surface area contributed by atoms with E-state index in [1.165, 1.54) is 29.1 Å². The number of anilines is 1. The molecule has 5 rings (SSSR count). The van der Waals surface area contributed by atoms with E-state index in [1.54, 1.807) is 6.07 Å². The van der Waals surface area contributed by atoms with Gasteiger partial charge in [0.05, 0.1) is 23.3 Å². The monoisotopic (exact) mass is 471 g/mol. The number of hydrogen-bond donors (Lipinski definition) is 2. The van der Waals surface area contributed by atoms with Gasteiger partial charge in [-0.1, -0.05) is 11.6 Å². The Hall–Kier alpha value is -3.41. The molecule has 1 aromatic carbocycles. The Balaban J connectivity index is 1.57. The Bertz CT molecular complexity index is 1380. The van der Waals surface area contributed by atoms with E-state index in [0.29, 0.717) is 11.2 Å². The van der Waals surface area contributed by atoms with Crippen molar-refractivity contribution in [2.45, 2.75) is 19.0 Å². The molecule has 3 aromatic heterocycles. The van der Waals surface area contributed by atoms with Crippen LogP contribution in [0.5, 0.6) is 5.75 Å². The zero-order chi connectivity index (χ0) is 22.8. The maximum absolute atomic E-state index is 14.8. The van der Waals surface area contributed by atoms with E-state index in [4.69, 9.17) is 11.6 Å². The molecular weight excluding hydrogens is 461 g/mol. The SMILES string of the molecule is O=C(Nc1cn2cc(-c3c(Cl)c(F)c(OC(F)(F)F)c4[nH]ncc34)ccc2n1)[C@@H]1C[C@@H]1F. The van der Waals surface area contributed by atoms with Crippen LogP contribution < -0.4 is 10.1 Å². The van der Waals surface area contributed by atoms with Crippen LogP contribution in [0.25, 0.3) is 27.7 Å². The summed E-state index contributed by atoms with van der Waals surface area (Å²) in [6.45, 7) is 0. The first-order valence-electron chi connectivity index (χ1n) is 9.16. The van der Waals surface area contributed by atoms with Gasteiger partial charge in [0.1, 0.15) is 17.3 Å². The van der Waals surface area contributed by atoms with Crippen molar-refractivity contribution in [2.75, 3.05) is 5.32 Å². The largest absolute Gasteiger partial charge is 0.573 e. The quantitative estimate of drug-likeness (QED) is 0.416. The number of aromatic nitrogens is 4. The molecule has 0 radical (unpaired) electrons. The number of alkyl halides is 4. The van der Waals surface area contributed by atoms with Crippen LogP contribution in [-0.2, 0) is 4.79 Å². The highest BCUT2D eigenvalue weighted by Gasteiger charge is 2.43. The Morgan fingerprint density at radius 2 is 2.06 bits per heavy atom. The van der Waals surface area contributed by atoms with Crippen molar-refractivity contribution >= 4 is 39.9 Å². The number of aromatic amines is 1. The van der Waals surface area contributed by atoms with Crippen LogP contribution >= 0.6 is 11.6 Å². The third-order valence-electron chi connectivity index (χ3n) is 5.01. The Morgan fingerprint density at radius 1 is 1.31 bits per heavy atom. The lowest BCUT2D eigenvalue weighted by Gasteiger charge is -2.14. The molecule has 166 valence electrons. The van der Waals surface area contributed by atoms with Gasteiger partial charge in [0.2, 0.25) is 5.91 Å². The molecule has 2 atom stereocenters. The molecule has 7 nitrogen and oxygen atoms in total. The fourth-order valence-corrected chi connectivity index (χ4v) is 3.73. The Labute approximate surface area is 180 Å². The van der Waals surface area contributed by atoms with Crippen LogP contribution in [0.4, 0.5) is 27.8 Å². The predicted molar refractivity (Wildman–Crippen MR) is 104 cm³/mol. The van der Waals surface area contributed by atoms with Crippen molar-refractivity contribution in [1.29, 1.82) is 0 Å². The first-order valence-corrected chi connectivity index (χ1v) is 9.54. The number of halogens is 6. The first-order chi connectivity index (χ1) is 15.1. The Morgan fingerprint density at radius 3 is 2.75 bits per heavy atom. The van der Waals surface area contributed by atoms with Gasteiger partial charge < -0.3 is 14.5 Å². The van der Waals surface area contributed by atoms with E-state index < -0.39 is 40.9 Å². The highest BCUT2D eigenvalue weighted by atomic mass is 35.5. The number of carbonyl (C=O) groups is 1. The van der Waals surface area contributed by atoms with Crippen LogP contribution in [0.3, 0.4) is 0 Å². The summed E-state index contributed by atoms with van der Waals surface area (Å²) in [6.07, 6.45) is -1.96. The molecule has 32 heavy (non-hydrogen) atoms. The predicted octanol–water partition coefficient (Wildman–Crippen LogP) is 4.87. The molecule has 1 aliphatic carbocycles. The highest BCUT2D eigenvalue weighted by Crippen LogP contribution is 2.44. The molecule has 3 heterocycles. The van der Waals surface area contributed by atoms with Gasteiger partial charge in [-0.2, -0.15) is 5.10 Å². The lowest BCUT2D eigenvalue weighted by molar-refractivity contribution is -0.275. The van der Waals surface area contributed by atoms with Crippen molar-refractivity contribution in [3.05, 3.63) is 41.6 Å². The fourth-order valence-electron chi connectivity index (χ4n) is 3.43. The number of carbonyl (C=O) groups excluding carboxylic acids is 1. The van der Waals surface area contributed by atoms with Gasteiger partial charge >= 0.3 is 6.36 Å². The topological polar surface area (TPSA) is 84.3 Å². The number of rotatable bonds is 4. The summed E-state index contributed by atoms with van der Waals surface area (Å²) < 4.78 is 71.3. The molecular formula is C19H11ClF5N5O2. The summed E-state index contributed by atoms with van der Waals surface area (Å²) in [5, 5.41) is 8.03. The number of pyridine rings is 1. The number of fused-ring (bicyclic) bond motifs is 2. The average Bonchev–Trinajstić information content (AvgIpc) is 3.10. The number of amides is 1. The number of hydrogen-bond acceptors (Lipinski definition) is 4. The van der Waals surface area contributed by atoms with Crippen LogP contribution in [-0.4, -0.2) is 38.0 Å². The molecule has 2 N–H and O–H groups in total. The molecule has 1 fully saturated rings. The molecule has 0 saturated heterocycles. The number of nitrogens with one attached hydrogen (secondary N) is 2. The number of ether oxygens (including phenoxy) is 1. The third-order valence-corrected chi connectivity index (χ3v) is 5.36. The van der Waals surface area contributed by atoms with Crippen molar-refractivity contribution in [1.82, 2.24) is 19.6 Å². The van der Waals surface area contributed by atoms with Gasteiger partial charge in [0.25, 0.3) is 0 Å². The zero-order valence-corrected chi connectivity index (χ0v) is 16.4. The second-order valence-corrected chi connectivity index (χ2v) is 7.57. The third kappa shape index (κ3) is 3.49. The number of imidazole rings is 1. The van der Waals surface area contributed by atoms with Gasteiger partial charge in [-0.3, -0.25) is 9.89 Å². The second kappa shape index (κ2) is 7.05. The molecule has 13 heteroatoms. The minimum atomic E-state index is -5.14. The summed E-state index contributed by atoms with van der Waals surface area (Å²) in [6, 6.07) is 3.07. The average molecular weight is 472 g/mol. The van der Waals surface area contributed by atoms with Crippen molar-refractivity contribution in [2.24, 2.45) is 5.92 Å². The van der Waals surface area contributed by atoms with Crippen LogP contribution in [0.15, 0.2) is 30.7 Å². The zero-order valence-electron chi connectivity index (χ0n) is 15.7. The highest BCUT2D eigenvalue weighted by molar-refractivity contribution is 6.35. The van der Waals surface area contributed by atoms with Crippen molar-refractivity contribution in [3.63, 3.8) is 0 Å². The lowest BCUT2D eigenvalue weighted by atomic mass is 10.0. The van der Waals surface area contributed by atoms with E-state index in [9.17, 15) is 26.7 Å². The summed E-state index contributed by atoms with van der Waals surface area (Å²) in [7, 11) is 0. The molecule has 4 aromatic rings. The summed E-state index contributed by atoms with van der Waals surface area (Å²) >= 11 is 6.10. The molecule has 0 aliphatic heterocycles. The maximum atomic E-state index is 14.8. The van der Waals surface area contributed by atoms with Gasteiger partial charge in [-0.05, 0) is 18.6 Å². The van der Waals surface area contributed by atoms with Crippen LogP contribution in [0.2, 0.25) is 5.02 Å². The van der Waals surface area contributed by atoms with Gasteiger partial charge in [0, 0.05) is 22.7 Å². The van der Waals surface area contributed by atoms with E-state index in [0.717, 1.165) is 0 Å². The van der Waals surface area contributed by atoms with E-state index in [-0.39, 0.29) is 28.7 Å². The van der Waals surface area contributed by atoms with Crippen LogP contribution in [0.1, 0.15) is 6.42 Å². The minimum Gasteiger partial charge on any atom is -0.400 e. The number of H-pyrrole nitrogens is 1. The molecule has 0 spiro atoms. The van der Waals surface area contributed by atoms with Gasteiger partial charge in [0.15, 0.2) is 17.4 Å². The fraction of sp³-hybridized carbons (Fsp3) is 0.211. The van der Waals surface area contributed by atoms with Crippen LogP contribution in [0, 0.1) is 11.7 Å². The molecule has 1 aliphatic rings. The lowest BCUT2D eigenvalue weighted by Crippen LogP contribution is -2.18. The summed E-state index contributed by atoms with van der Waals surface area (Å²) in [4.78, 5) is 16.1. The number of benzene rings is 1. The second-order valence-electron chi connectivity index (χ2n) is 7.20. The molecule has 1 amide bonds. The van der Waals surface area contributed by atoms with Crippen molar-refractivity contribution in [3.8, 4) is 16.9 Å². The summed E-state index contributed by atoms with van der Waals surface area (Å²) in [5.41, 5.74) is 0.520. The smallest absolute Gasteiger partial charge is 0.400 e. The van der Waals surface area contributed by atoms with E-state index in [2.05, 4.69) is 25.2 Å². The minimum absolute atomic E-state index is 0.0851. The summed E-state index contributed by atoms with van der Waals surface area (Å²) in [5.74, 6) is -3.50. The normalized spacial score (nSPS) is 18.3. The van der Waals surface area contributed by atoms with E-state index >= 15 is 0 Å². The van der Waals surface area contributed by atoms with E-state index in [1.807, 2.05) is 0 Å². The van der Waals surface area contributed by atoms with Crippen molar-refractivity contribution < 1.29 is 31.5 Å². The molecule has 0 bridgehead atoms. The standard InChI is InChI=1S/C19H11ClF5N5O2/c20-14-13(9-4-26-29-16(9)17(15(14)22)32-19(23,24)25)7-1-2-12-27-11(6-30(12)5-7)28-18(31)8-3-10(8)21/h1-2,4-6,8,10H,3H2,(H,26,29)(H,28,31)/t8-,10+/m1/s1. The van der Waals surface area contributed by atoms with Gasteiger partial charge in [-0.15, -0.1) is 13.2 Å². The maximum Gasteiger partial charge on any atom is 0.573 e. The molecule has 1 saturated carbocycles. The van der Waals surface area contributed by atoms with Gasteiger partial charge in [-0.25, -0.2) is 13.8 Å². The first kappa shape index (κ1) is 20.5. The molecule has 0 unspecified atom stereocenters.